The SMILES string of the molecule is O=C(c1cccc(C(F)(F)F)c1)C1CCN(C(=O)NCc2ccccc2)CC1. The molecule has 2 amide bonds. The Labute approximate surface area is 161 Å². The van der Waals surface area contributed by atoms with E-state index in [-0.39, 0.29) is 23.3 Å². The first kappa shape index (κ1) is 19.9. The van der Waals surface area contributed by atoms with Gasteiger partial charge in [-0.3, -0.25) is 4.79 Å². The highest BCUT2D eigenvalue weighted by Crippen LogP contribution is 2.31. The second kappa shape index (κ2) is 8.46. The number of urea groups is 1. The molecule has 0 unspecified atom stereocenters. The molecule has 0 atom stereocenters. The summed E-state index contributed by atoms with van der Waals surface area (Å²) >= 11 is 0. The molecule has 0 bridgehead atoms. The van der Waals surface area contributed by atoms with E-state index in [4.69, 9.17) is 0 Å². The highest BCUT2D eigenvalue weighted by Gasteiger charge is 2.32. The monoisotopic (exact) mass is 390 g/mol. The fourth-order valence-electron chi connectivity index (χ4n) is 3.31. The van der Waals surface area contributed by atoms with Gasteiger partial charge < -0.3 is 10.2 Å². The molecule has 0 aromatic heterocycles. The van der Waals surface area contributed by atoms with E-state index < -0.39 is 11.7 Å². The predicted molar refractivity (Wildman–Crippen MR) is 98.7 cm³/mol. The van der Waals surface area contributed by atoms with Crippen LogP contribution in [0, 0.1) is 5.92 Å². The first-order valence-electron chi connectivity index (χ1n) is 9.13. The molecule has 28 heavy (non-hydrogen) atoms. The van der Waals surface area contributed by atoms with Crippen LogP contribution in [0.4, 0.5) is 18.0 Å². The van der Waals surface area contributed by atoms with Crippen LogP contribution in [0.1, 0.15) is 34.3 Å². The number of rotatable bonds is 4. The fourth-order valence-corrected chi connectivity index (χ4v) is 3.31. The number of benzene rings is 2. The average Bonchev–Trinajstić information content (AvgIpc) is 2.72. The zero-order chi connectivity index (χ0) is 20.1. The standard InChI is InChI=1S/C21H21F3N2O2/c22-21(23,24)18-8-4-7-17(13-18)19(27)16-9-11-26(12-10-16)20(28)25-14-15-5-2-1-3-6-15/h1-8,13,16H,9-12,14H2,(H,25,28). The lowest BCUT2D eigenvalue weighted by Gasteiger charge is -2.31. The first-order valence-corrected chi connectivity index (χ1v) is 9.13. The van der Waals surface area contributed by atoms with E-state index in [0.717, 1.165) is 17.7 Å². The van der Waals surface area contributed by atoms with Gasteiger partial charge in [0.2, 0.25) is 0 Å². The molecule has 1 N–H and O–H groups in total. The number of amides is 2. The fraction of sp³-hybridized carbons (Fsp3) is 0.333. The first-order chi connectivity index (χ1) is 13.3. The summed E-state index contributed by atoms with van der Waals surface area (Å²) in [6.07, 6.45) is -3.60. The number of nitrogens with one attached hydrogen (secondary N) is 1. The number of likely N-dealkylation sites (tertiary alicyclic amines) is 1. The number of carbonyl (C=O) groups excluding carboxylic acids is 2. The second-order valence-corrected chi connectivity index (χ2v) is 6.85. The molecule has 0 aliphatic carbocycles. The molecule has 1 aliphatic heterocycles. The summed E-state index contributed by atoms with van der Waals surface area (Å²) in [7, 11) is 0. The van der Waals surface area contributed by atoms with Crippen molar-refractivity contribution in [1.82, 2.24) is 10.2 Å². The van der Waals surface area contributed by atoms with Gasteiger partial charge in [0.25, 0.3) is 0 Å². The van der Waals surface area contributed by atoms with E-state index >= 15 is 0 Å². The predicted octanol–water partition coefficient (Wildman–Crippen LogP) is 4.51. The second-order valence-electron chi connectivity index (χ2n) is 6.85. The molecule has 148 valence electrons. The number of Topliss-reactive ketones (excluding diaryl/α,β-unsaturated/α-hetero) is 1. The minimum Gasteiger partial charge on any atom is -0.334 e. The van der Waals surface area contributed by atoms with Crippen LogP contribution in [0.3, 0.4) is 0 Å². The van der Waals surface area contributed by atoms with Crippen molar-refractivity contribution in [2.24, 2.45) is 5.92 Å². The molecule has 1 fully saturated rings. The molecule has 1 aliphatic rings. The van der Waals surface area contributed by atoms with Crippen molar-refractivity contribution in [1.29, 1.82) is 0 Å². The van der Waals surface area contributed by atoms with Crippen LogP contribution in [0.5, 0.6) is 0 Å². The smallest absolute Gasteiger partial charge is 0.334 e. The van der Waals surface area contributed by atoms with Crippen molar-refractivity contribution in [3.8, 4) is 0 Å². The van der Waals surface area contributed by atoms with E-state index in [1.807, 2.05) is 30.3 Å². The number of hydrogen-bond acceptors (Lipinski definition) is 2. The summed E-state index contributed by atoms with van der Waals surface area (Å²) in [5, 5.41) is 2.85. The maximum Gasteiger partial charge on any atom is 0.416 e. The van der Waals surface area contributed by atoms with Gasteiger partial charge >= 0.3 is 12.2 Å². The zero-order valence-electron chi connectivity index (χ0n) is 15.2. The molecule has 4 nitrogen and oxygen atoms in total. The van der Waals surface area contributed by atoms with Crippen molar-refractivity contribution in [3.05, 3.63) is 71.3 Å². The van der Waals surface area contributed by atoms with Crippen LogP contribution >= 0.6 is 0 Å². The topological polar surface area (TPSA) is 49.4 Å². The average molecular weight is 390 g/mol. The number of halogens is 3. The molecule has 0 saturated carbocycles. The Balaban J connectivity index is 1.53. The molecule has 1 heterocycles. The summed E-state index contributed by atoms with van der Waals surface area (Å²) in [6, 6.07) is 13.8. The number of carbonyl (C=O) groups is 2. The third kappa shape index (κ3) is 4.91. The summed E-state index contributed by atoms with van der Waals surface area (Å²) in [6.45, 7) is 1.22. The van der Waals surface area contributed by atoms with Gasteiger partial charge in [-0.05, 0) is 30.5 Å². The quantitative estimate of drug-likeness (QED) is 0.781. The van der Waals surface area contributed by atoms with Gasteiger partial charge in [-0.2, -0.15) is 13.2 Å². The van der Waals surface area contributed by atoms with Crippen LogP contribution in [0.15, 0.2) is 54.6 Å². The molecule has 1 saturated heterocycles. The lowest BCUT2D eigenvalue weighted by atomic mass is 9.88. The van der Waals surface area contributed by atoms with Crippen LogP contribution in [-0.4, -0.2) is 29.8 Å². The minimum atomic E-state index is -4.48. The van der Waals surface area contributed by atoms with E-state index in [9.17, 15) is 22.8 Å². The van der Waals surface area contributed by atoms with Crippen molar-refractivity contribution >= 4 is 11.8 Å². The molecule has 2 aromatic rings. The molecule has 0 radical (unpaired) electrons. The third-order valence-electron chi connectivity index (χ3n) is 4.91. The van der Waals surface area contributed by atoms with Gasteiger partial charge in [-0.15, -0.1) is 0 Å². The zero-order valence-corrected chi connectivity index (χ0v) is 15.2. The van der Waals surface area contributed by atoms with E-state index in [2.05, 4.69) is 5.32 Å². The third-order valence-corrected chi connectivity index (χ3v) is 4.91. The Hall–Kier alpha value is -2.83. The Kier molecular flexibility index (Phi) is 6.02. The van der Waals surface area contributed by atoms with Crippen molar-refractivity contribution in [3.63, 3.8) is 0 Å². The lowest BCUT2D eigenvalue weighted by Crippen LogP contribution is -2.45. The Morgan fingerprint density at radius 2 is 1.68 bits per heavy atom. The van der Waals surface area contributed by atoms with Crippen LogP contribution in [0.2, 0.25) is 0 Å². The van der Waals surface area contributed by atoms with E-state index in [1.165, 1.54) is 12.1 Å². The van der Waals surface area contributed by atoms with Crippen molar-refractivity contribution < 1.29 is 22.8 Å². The van der Waals surface area contributed by atoms with Gasteiger partial charge in [-0.25, -0.2) is 4.79 Å². The highest BCUT2D eigenvalue weighted by atomic mass is 19.4. The minimum absolute atomic E-state index is 0.0711. The molecule has 3 rings (SSSR count). The molecular formula is C21H21F3N2O2. The van der Waals surface area contributed by atoms with E-state index in [0.29, 0.717) is 32.5 Å². The Bertz CT molecular complexity index is 829. The normalized spacial score (nSPS) is 15.3. The van der Waals surface area contributed by atoms with Gasteiger partial charge in [0.1, 0.15) is 0 Å². The molecule has 2 aromatic carbocycles. The molecule has 7 heteroatoms. The lowest BCUT2D eigenvalue weighted by molar-refractivity contribution is -0.137. The Morgan fingerprint density at radius 1 is 1.00 bits per heavy atom. The van der Waals surface area contributed by atoms with E-state index in [1.54, 1.807) is 4.90 Å². The highest BCUT2D eigenvalue weighted by molar-refractivity contribution is 5.98. The Morgan fingerprint density at radius 3 is 2.32 bits per heavy atom. The number of nitrogens with zero attached hydrogens (tertiary/aromatic N) is 1. The van der Waals surface area contributed by atoms with Gasteiger partial charge in [0.05, 0.1) is 5.56 Å². The summed E-state index contributed by atoms with van der Waals surface area (Å²) in [5.74, 6) is -0.669. The number of hydrogen-bond donors (Lipinski definition) is 1. The molecular weight excluding hydrogens is 369 g/mol. The maximum absolute atomic E-state index is 12.8. The van der Waals surface area contributed by atoms with Crippen molar-refractivity contribution in [2.75, 3.05) is 13.1 Å². The van der Waals surface area contributed by atoms with Gasteiger partial charge in [0, 0.05) is 31.1 Å². The van der Waals surface area contributed by atoms with Crippen LogP contribution in [-0.2, 0) is 12.7 Å². The van der Waals surface area contributed by atoms with Gasteiger partial charge in [-0.1, -0.05) is 42.5 Å². The number of piperidine rings is 1. The summed E-state index contributed by atoms with van der Waals surface area (Å²) in [5.41, 5.74) is 0.239. The number of ketones is 1. The van der Waals surface area contributed by atoms with Crippen molar-refractivity contribution in [2.45, 2.75) is 25.6 Å². The summed E-state index contributed by atoms with van der Waals surface area (Å²) < 4.78 is 38.5. The van der Waals surface area contributed by atoms with Crippen LogP contribution < -0.4 is 5.32 Å². The largest absolute Gasteiger partial charge is 0.416 e. The summed E-state index contributed by atoms with van der Waals surface area (Å²) in [4.78, 5) is 26.5. The van der Waals surface area contributed by atoms with Crippen LogP contribution in [0.25, 0.3) is 0 Å². The maximum atomic E-state index is 12.8. The van der Waals surface area contributed by atoms with Gasteiger partial charge in [0.15, 0.2) is 5.78 Å². The molecule has 0 spiro atoms. The number of alkyl halides is 3.